The van der Waals surface area contributed by atoms with Gasteiger partial charge < -0.3 is 19.9 Å². The number of nitrogens with one attached hydrogen (secondary N) is 1. The molecule has 0 bridgehead atoms. The molecule has 1 N–H and O–H groups in total. The standard InChI is InChI=1S/C26H29FN4O2/c1-30-13-4-14-31(16-15-30)25-12-9-21(17-28-25)18-29-26(32)23-5-2-3-6-24(23)33-19-20-7-10-22(27)11-8-20/h2-3,5-12,17H,4,13-16,18-19H2,1H3,(H,29,32). The first-order valence-corrected chi connectivity index (χ1v) is 11.2. The highest BCUT2D eigenvalue weighted by atomic mass is 19.1. The summed E-state index contributed by atoms with van der Waals surface area (Å²) in [6.45, 7) is 4.73. The van der Waals surface area contributed by atoms with Gasteiger partial charge in [0.1, 0.15) is 24.0 Å². The summed E-state index contributed by atoms with van der Waals surface area (Å²) in [5, 5.41) is 2.95. The Hall–Kier alpha value is -3.45. The first kappa shape index (κ1) is 22.7. The third-order valence-corrected chi connectivity index (χ3v) is 5.74. The number of carbonyl (C=O) groups is 1. The molecular formula is C26H29FN4O2. The minimum absolute atomic E-state index is 0.218. The highest BCUT2D eigenvalue weighted by Gasteiger charge is 2.15. The van der Waals surface area contributed by atoms with Gasteiger partial charge in [-0.15, -0.1) is 0 Å². The fraction of sp³-hybridized carbons (Fsp3) is 0.308. The number of amides is 1. The van der Waals surface area contributed by atoms with Crippen LogP contribution in [0.3, 0.4) is 0 Å². The van der Waals surface area contributed by atoms with Crippen LogP contribution in [0, 0.1) is 5.82 Å². The van der Waals surface area contributed by atoms with Crippen LogP contribution in [0.5, 0.6) is 5.75 Å². The molecule has 0 unspecified atom stereocenters. The number of hydrogen-bond acceptors (Lipinski definition) is 5. The molecule has 0 atom stereocenters. The largest absolute Gasteiger partial charge is 0.488 e. The number of likely N-dealkylation sites (N-methyl/N-ethyl adjacent to an activating group) is 1. The molecule has 1 aliphatic heterocycles. The van der Waals surface area contributed by atoms with E-state index < -0.39 is 0 Å². The van der Waals surface area contributed by atoms with Crippen molar-refractivity contribution in [3.05, 3.63) is 89.4 Å². The van der Waals surface area contributed by atoms with Gasteiger partial charge in [0.25, 0.3) is 5.91 Å². The molecule has 1 aliphatic rings. The average Bonchev–Trinajstić information content (AvgIpc) is 3.07. The van der Waals surface area contributed by atoms with E-state index in [1.165, 1.54) is 12.1 Å². The lowest BCUT2D eigenvalue weighted by molar-refractivity contribution is 0.0946. The molecule has 1 amide bonds. The van der Waals surface area contributed by atoms with E-state index in [0.717, 1.165) is 49.5 Å². The Morgan fingerprint density at radius 3 is 2.58 bits per heavy atom. The highest BCUT2D eigenvalue weighted by molar-refractivity contribution is 5.96. The molecule has 0 spiro atoms. The van der Waals surface area contributed by atoms with Crippen molar-refractivity contribution in [2.75, 3.05) is 38.1 Å². The van der Waals surface area contributed by atoms with E-state index in [4.69, 9.17) is 4.74 Å². The molecule has 33 heavy (non-hydrogen) atoms. The second-order valence-corrected chi connectivity index (χ2v) is 8.26. The molecule has 2 aromatic carbocycles. The van der Waals surface area contributed by atoms with Gasteiger partial charge in [0.2, 0.25) is 0 Å². The maximum atomic E-state index is 13.1. The number of halogens is 1. The Morgan fingerprint density at radius 2 is 1.79 bits per heavy atom. The van der Waals surface area contributed by atoms with Gasteiger partial charge in [-0.05, 0) is 61.5 Å². The van der Waals surface area contributed by atoms with Gasteiger partial charge in [-0.2, -0.15) is 0 Å². The fourth-order valence-corrected chi connectivity index (χ4v) is 3.78. The van der Waals surface area contributed by atoms with Crippen LogP contribution >= 0.6 is 0 Å². The zero-order chi connectivity index (χ0) is 23.0. The quantitative estimate of drug-likeness (QED) is 0.595. The molecule has 3 aromatic rings. The van der Waals surface area contributed by atoms with Crippen LogP contribution in [0.15, 0.2) is 66.9 Å². The minimum atomic E-state index is -0.292. The summed E-state index contributed by atoms with van der Waals surface area (Å²) in [5.41, 5.74) is 2.22. The number of ether oxygens (including phenoxy) is 1. The number of carbonyl (C=O) groups excluding carboxylic acids is 1. The molecule has 7 heteroatoms. The van der Waals surface area contributed by atoms with Crippen LogP contribution in [0.1, 0.15) is 27.9 Å². The first-order valence-electron chi connectivity index (χ1n) is 11.2. The second kappa shape index (κ2) is 10.9. The van der Waals surface area contributed by atoms with Crippen molar-refractivity contribution in [3.8, 4) is 5.75 Å². The van der Waals surface area contributed by atoms with Crippen LogP contribution in [-0.2, 0) is 13.2 Å². The summed E-state index contributed by atoms with van der Waals surface area (Å²) in [4.78, 5) is 22.1. The van der Waals surface area contributed by atoms with Crippen molar-refractivity contribution < 1.29 is 13.9 Å². The number of benzene rings is 2. The van der Waals surface area contributed by atoms with E-state index in [9.17, 15) is 9.18 Å². The van der Waals surface area contributed by atoms with E-state index in [2.05, 4.69) is 27.1 Å². The molecule has 2 heterocycles. The summed E-state index contributed by atoms with van der Waals surface area (Å²) < 4.78 is 18.9. The number of aromatic nitrogens is 1. The van der Waals surface area contributed by atoms with Gasteiger partial charge in [-0.3, -0.25) is 4.79 Å². The van der Waals surface area contributed by atoms with E-state index >= 15 is 0 Å². The van der Waals surface area contributed by atoms with E-state index in [0.29, 0.717) is 17.9 Å². The van der Waals surface area contributed by atoms with E-state index in [1.807, 2.05) is 24.4 Å². The van der Waals surface area contributed by atoms with Gasteiger partial charge in [0.05, 0.1) is 5.56 Å². The lowest BCUT2D eigenvalue weighted by atomic mass is 10.1. The molecule has 6 nitrogen and oxygen atoms in total. The number of pyridine rings is 1. The van der Waals surface area contributed by atoms with Gasteiger partial charge in [0, 0.05) is 32.4 Å². The maximum Gasteiger partial charge on any atom is 0.255 e. The first-order chi connectivity index (χ1) is 16.1. The summed E-state index contributed by atoms with van der Waals surface area (Å²) >= 11 is 0. The van der Waals surface area contributed by atoms with Gasteiger partial charge in [-0.1, -0.05) is 30.3 Å². The van der Waals surface area contributed by atoms with Crippen LogP contribution in [0.2, 0.25) is 0 Å². The minimum Gasteiger partial charge on any atom is -0.488 e. The third kappa shape index (κ3) is 6.29. The van der Waals surface area contributed by atoms with Crippen LogP contribution in [-0.4, -0.2) is 49.0 Å². The molecular weight excluding hydrogens is 419 g/mol. The Kier molecular flexibility index (Phi) is 7.52. The van der Waals surface area contributed by atoms with Gasteiger partial charge in [0.15, 0.2) is 0 Å². The van der Waals surface area contributed by atoms with Crippen molar-refractivity contribution in [2.45, 2.75) is 19.6 Å². The molecule has 0 aliphatic carbocycles. The maximum absolute atomic E-state index is 13.1. The van der Waals surface area contributed by atoms with Gasteiger partial charge >= 0.3 is 0 Å². The van der Waals surface area contributed by atoms with Crippen molar-refractivity contribution in [1.29, 1.82) is 0 Å². The summed E-state index contributed by atoms with van der Waals surface area (Å²) in [6, 6.07) is 17.2. The Bertz CT molecular complexity index is 1060. The predicted octanol–water partition coefficient (Wildman–Crippen LogP) is 3.87. The Morgan fingerprint density at radius 1 is 1.00 bits per heavy atom. The van der Waals surface area contributed by atoms with Crippen molar-refractivity contribution in [3.63, 3.8) is 0 Å². The molecule has 0 saturated carbocycles. The van der Waals surface area contributed by atoms with Crippen molar-refractivity contribution >= 4 is 11.7 Å². The SMILES string of the molecule is CN1CCCN(c2ccc(CNC(=O)c3ccccc3OCc3ccc(F)cc3)cn2)CC1. The predicted molar refractivity (Wildman–Crippen MR) is 127 cm³/mol. The second-order valence-electron chi connectivity index (χ2n) is 8.26. The average molecular weight is 449 g/mol. The molecule has 1 fully saturated rings. The smallest absolute Gasteiger partial charge is 0.255 e. The number of anilines is 1. The topological polar surface area (TPSA) is 57.7 Å². The number of hydrogen-bond donors (Lipinski definition) is 1. The molecule has 1 saturated heterocycles. The van der Waals surface area contributed by atoms with Gasteiger partial charge in [-0.25, -0.2) is 9.37 Å². The van der Waals surface area contributed by atoms with Crippen LogP contribution in [0.25, 0.3) is 0 Å². The zero-order valence-electron chi connectivity index (χ0n) is 18.8. The number of para-hydroxylation sites is 1. The molecule has 1 aromatic heterocycles. The fourth-order valence-electron chi connectivity index (χ4n) is 3.78. The van der Waals surface area contributed by atoms with E-state index in [1.54, 1.807) is 30.3 Å². The number of nitrogens with zero attached hydrogens (tertiary/aromatic N) is 3. The summed E-state index contributed by atoms with van der Waals surface area (Å²) in [5.74, 6) is 0.947. The zero-order valence-corrected chi connectivity index (χ0v) is 18.8. The number of rotatable bonds is 7. The van der Waals surface area contributed by atoms with Crippen LogP contribution < -0.4 is 15.0 Å². The summed E-state index contributed by atoms with van der Waals surface area (Å²) in [7, 11) is 2.15. The molecule has 172 valence electrons. The van der Waals surface area contributed by atoms with Crippen LogP contribution in [0.4, 0.5) is 10.2 Å². The highest BCUT2D eigenvalue weighted by Crippen LogP contribution is 2.20. The van der Waals surface area contributed by atoms with E-state index in [-0.39, 0.29) is 18.3 Å². The molecule has 4 rings (SSSR count). The Balaban J connectivity index is 1.33. The van der Waals surface area contributed by atoms with Crippen molar-refractivity contribution in [1.82, 2.24) is 15.2 Å². The Labute approximate surface area is 194 Å². The normalized spacial score (nSPS) is 14.5. The lowest BCUT2D eigenvalue weighted by Crippen LogP contribution is -2.29. The summed E-state index contributed by atoms with van der Waals surface area (Å²) in [6.07, 6.45) is 2.94. The monoisotopic (exact) mass is 448 g/mol. The third-order valence-electron chi connectivity index (χ3n) is 5.74. The molecule has 0 radical (unpaired) electrons. The van der Waals surface area contributed by atoms with Crippen molar-refractivity contribution in [2.24, 2.45) is 0 Å². The lowest BCUT2D eigenvalue weighted by Gasteiger charge is -2.21.